The molecule has 4 nitrogen and oxygen atoms in total. The van der Waals surface area contributed by atoms with Crippen molar-refractivity contribution in [1.29, 1.82) is 0 Å². The molecular formula is C24H21F4N3O. The van der Waals surface area contributed by atoms with Crippen molar-refractivity contribution < 1.29 is 22.3 Å². The number of alkyl halides is 3. The average molecular weight is 443 g/mol. The smallest absolute Gasteiger partial charge is 0.416 e. The number of rotatable bonds is 6. The highest BCUT2D eigenvalue weighted by atomic mass is 19.4. The molecule has 0 aliphatic rings. The molecule has 4 rings (SSSR count). The predicted octanol–water partition coefficient (Wildman–Crippen LogP) is 6.78. The van der Waals surface area contributed by atoms with E-state index in [1.165, 1.54) is 18.3 Å². The van der Waals surface area contributed by atoms with Crippen LogP contribution in [-0.2, 0) is 12.6 Å². The van der Waals surface area contributed by atoms with Crippen molar-refractivity contribution in [3.8, 4) is 5.75 Å². The first-order chi connectivity index (χ1) is 15.2. The normalized spacial score (nSPS) is 12.7. The summed E-state index contributed by atoms with van der Waals surface area (Å²) >= 11 is 0. The third-order valence-corrected chi connectivity index (χ3v) is 5.18. The highest BCUT2D eigenvalue weighted by Gasteiger charge is 2.30. The molecule has 1 atom stereocenters. The topological polar surface area (TPSA) is 49.9 Å². The van der Waals surface area contributed by atoms with E-state index in [1.807, 2.05) is 13.8 Å². The third-order valence-electron chi connectivity index (χ3n) is 5.18. The van der Waals surface area contributed by atoms with Gasteiger partial charge in [0.15, 0.2) is 0 Å². The number of nitrogens with zero attached hydrogens (tertiary/aromatic N) is 1. The molecule has 0 amide bonds. The van der Waals surface area contributed by atoms with E-state index in [0.717, 1.165) is 28.9 Å². The van der Waals surface area contributed by atoms with Crippen molar-refractivity contribution in [2.75, 3.05) is 5.32 Å². The number of halogens is 4. The van der Waals surface area contributed by atoms with Gasteiger partial charge in [-0.25, -0.2) is 9.37 Å². The molecular weight excluding hydrogens is 422 g/mol. The summed E-state index contributed by atoms with van der Waals surface area (Å²) in [6.07, 6.45) is -1.23. The van der Waals surface area contributed by atoms with Crippen LogP contribution in [0.4, 0.5) is 29.1 Å². The Hall–Kier alpha value is -3.55. The number of fused-ring (bicyclic) bond motifs is 1. The van der Waals surface area contributed by atoms with Crippen molar-refractivity contribution in [1.82, 2.24) is 9.97 Å². The van der Waals surface area contributed by atoms with Gasteiger partial charge in [0, 0.05) is 35.5 Å². The van der Waals surface area contributed by atoms with Crippen molar-refractivity contribution in [2.45, 2.75) is 32.5 Å². The molecule has 2 aromatic carbocycles. The number of anilines is 2. The summed E-state index contributed by atoms with van der Waals surface area (Å²) in [5.74, 6) is 0.905. The van der Waals surface area contributed by atoms with Crippen LogP contribution < -0.4 is 10.1 Å². The summed E-state index contributed by atoms with van der Waals surface area (Å²) in [7, 11) is 0. The number of pyridine rings is 1. The molecule has 2 aromatic heterocycles. The molecule has 1 unspecified atom stereocenters. The second kappa shape index (κ2) is 8.53. The van der Waals surface area contributed by atoms with Crippen LogP contribution in [0, 0.1) is 12.7 Å². The number of hydrogen-bond donors (Lipinski definition) is 2. The second-order valence-electron chi connectivity index (χ2n) is 7.63. The van der Waals surface area contributed by atoms with Crippen molar-refractivity contribution in [2.24, 2.45) is 0 Å². The summed E-state index contributed by atoms with van der Waals surface area (Å²) in [5, 5.41) is 3.73. The highest BCUT2D eigenvalue weighted by Crippen LogP contribution is 2.30. The lowest BCUT2D eigenvalue weighted by Crippen LogP contribution is -2.16. The number of ether oxygens (including phenoxy) is 1. The maximum Gasteiger partial charge on any atom is 0.416 e. The zero-order chi connectivity index (χ0) is 22.9. The van der Waals surface area contributed by atoms with Gasteiger partial charge in [-0.2, -0.15) is 13.2 Å². The number of nitrogens with one attached hydrogen (secondary N) is 2. The largest absolute Gasteiger partial charge is 0.490 e. The van der Waals surface area contributed by atoms with E-state index < -0.39 is 11.7 Å². The molecule has 2 N–H and O–H groups in total. The summed E-state index contributed by atoms with van der Waals surface area (Å²) in [5.41, 5.74) is 2.27. The zero-order valence-electron chi connectivity index (χ0n) is 17.4. The fraction of sp³-hybridized carbons (Fsp3) is 0.208. The lowest BCUT2D eigenvalue weighted by molar-refractivity contribution is -0.137. The number of aromatic amines is 1. The highest BCUT2D eigenvalue weighted by molar-refractivity contribution is 5.84. The summed E-state index contributed by atoms with van der Waals surface area (Å²) in [4.78, 5) is 7.24. The van der Waals surface area contributed by atoms with E-state index in [4.69, 9.17) is 4.74 Å². The Morgan fingerprint density at radius 2 is 1.84 bits per heavy atom. The quantitative estimate of drug-likeness (QED) is 0.323. The van der Waals surface area contributed by atoms with Gasteiger partial charge in [-0.15, -0.1) is 0 Å². The van der Waals surface area contributed by atoms with Gasteiger partial charge in [-0.05, 0) is 55.8 Å². The molecule has 4 aromatic rings. The summed E-state index contributed by atoms with van der Waals surface area (Å²) < 4.78 is 57.9. The molecule has 0 aliphatic carbocycles. The first-order valence-corrected chi connectivity index (χ1v) is 10.0. The molecule has 0 radical (unpaired) electrons. The van der Waals surface area contributed by atoms with Crippen molar-refractivity contribution in [3.05, 3.63) is 83.4 Å². The van der Waals surface area contributed by atoms with E-state index in [2.05, 4.69) is 15.3 Å². The van der Waals surface area contributed by atoms with Crippen LogP contribution in [0.15, 0.2) is 60.9 Å². The summed E-state index contributed by atoms with van der Waals surface area (Å²) in [6, 6.07) is 12.1. The average Bonchev–Trinajstić information content (AvgIpc) is 3.11. The Kier molecular flexibility index (Phi) is 5.78. The zero-order valence-corrected chi connectivity index (χ0v) is 17.4. The van der Waals surface area contributed by atoms with Crippen molar-refractivity contribution >= 4 is 22.4 Å². The van der Waals surface area contributed by atoms with E-state index in [9.17, 15) is 17.6 Å². The van der Waals surface area contributed by atoms with Gasteiger partial charge >= 0.3 is 6.18 Å². The lowest BCUT2D eigenvalue weighted by Gasteiger charge is -2.18. The minimum Gasteiger partial charge on any atom is -0.490 e. The second-order valence-corrected chi connectivity index (χ2v) is 7.63. The molecule has 32 heavy (non-hydrogen) atoms. The van der Waals surface area contributed by atoms with E-state index in [-0.39, 0.29) is 11.9 Å². The van der Waals surface area contributed by atoms with Gasteiger partial charge in [-0.1, -0.05) is 12.1 Å². The molecule has 166 valence electrons. The molecule has 2 heterocycles. The Morgan fingerprint density at radius 1 is 1.09 bits per heavy atom. The standard InChI is InChI=1S/C24H21F4N3O/c1-14(11-16-3-5-17(6-4-16)24(26,27)28)32-22-9-10-29-23(15(22)2)31-18-7-8-19-20(25)13-30-21(19)12-18/h3-10,12-14,30H,11H2,1-2H3,(H,29,31). The first kappa shape index (κ1) is 21.7. The van der Waals surface area contributed by atoms with Crippen LogP contribution in [0.25, 0.3) is 10.9 Å². The minimum atomic E-state index is -4.35. The van der Waals surface area contributed by atoms with E-state index >= 15 is 0 Å². The van der Waals surface area contributed by atoms with E-state index in [1.54, 1.807) is 30.5 Å². The fourth-order valence-electron chi connectivity index (χ4n) is 3.50. The van der Waals surface area contributed by atoms with Gasteiger partial charge in [0.1, 0.15) is 17.4 Å². The predicted molar refractivity (Wildman–Crippen MR) is 116 cm³/mol. The molecule has 0 fully saturated rings. The van der Waals surface area contributed by atoms with Gasteiger partial charge in [0.25, 0.3) is 0 Å². The SMILES string of the molecule is Cc1c(OC(C)Cc2ccc(C(F)(F)F)cc2)ccnc1Nc1ccc2c(F)c[nH]c2c1. The first-order valence-electron chi connectivity index (χ1n) is 10.0. The lowest BCUT2D eigenvalue weighted by atomic mass is 10.1. The van der Waals surface area contributed by atoms with Crippen LogP contribution in [0.3, 0.4) is 0 Å². The molecule has 0 saturated carbocycles. The minimum absolute atomic E-state index is 0.265. The Morgan fingerprint density at radius 3 is 2.56 bits per heavy atom. The van der Waals surface area contributed by atoms with Crippen LogP contribution in [0.2, 0.25) is 0 Å². The monoisotopic (exact) mass is 443 g/mol. The molecule has 0 bridgehead atoms. The van der Waals surface area contributed by atoms with Crippen molar-refractivity contribution in [3.63, 3.8) is 0 Å². The number of aromatic nitrogens is 2. The fourth-order valence-corrected chi connectivity index (χ4v) is 3.50. The van der Waals surface area contributed by atoms with Gasteiger partial charge in [0.05, 0.1) is 17.2 Å². The maximum atomic E-state index is 13.6. The van der Waals surface area contributed by atoms with Gasteiger partial charge in [0.2, 0.25) is 0 Å². The summed E-state index contributed by atoms with van der Waals surface area (Å²) in [6.45, 7) is 3.72. The Balaban J connectivity index is 1.45. The van der Waals surface area contributed by atoms with E-state index in [0.29, 0.717) is 28.9 Å². The van der Waals surface area contributed by atoms with Gasteiger partial charge in [-0.3, -0.25) is 0 Å². The Bertz CT molecular complexity index is 1230. The molecule has 0 aliphatic heterocycles. The van der Waals surface area contributed by atoms with Crippen LogP contribution in [0.1, 0.15) is 23.6 Å². The number of benzene rings is 2. The molecule has 8 heteroatoms. The third kappa shape index (κ3) is 4.69. The molecule has 0 saturated heterocycles. The van der Waals surface area contributed by atoms with Crippen LogP contribution in [-0.4, -0.2) is 16.1 Å². The number of hydrogen-bond acceptors (Lipinski definition) is 3. The van der Waals surface area contributed by atoms with Crippen LogP contribution >= 0.6 is 0 Å². The van der Waals surface area contributed by atoms with Gasteiger partial charge < -0.3 is 15.0 Å². The van der Waals surface area contributed by atoms with Crippen LogP contribution in [0.5, 0.6) is 5.75 Å². The molecule has 0 spiro atoms. The maximum absolute atomic E-state index is 13.6. The Labute approximate surface area is 182 Å². The number of H-pyrrole nitrogens is 1.